The number of carbonyl (C=O) groups excluding carboxylic acids is 1. The summed E-state index contributed by atoms with van der Waals surface area (Å²) in [6.07, 6.45) is 5.20. The number of phenols is 1. The lowest BCUT2D eigenvalue weighted by Gasteiger charge is -2.02. The number of benzene rings is 1. The van der Waals surface area contributed by atoms with Crippen molar-refractivity contribution in [3.8, 4) is 28.1 Å². The van der Waals surface area contributed by atoms with Gasteiger partial charge in [0.25, 0.3) is 0 Å². The maximum Gasteiger partial charge on any atom is 0.327 e. The predicted molar refractivity (Wildman–Crippen MR) is 84.6 cm³/mol. The van der Waals surface area contributed by atoms with Gasteiger partial charge in [0.05, 0.1) is 7.11 Å². The number of hydrogen-bond donors (Lipinski definition) is 1. The molecule has 0 aliphatic rings. The van der Waals surface area contributed by atoms with Crippen molar-refractivity contribution in [2.24, 2.45) is 0 Å². The molecule has 0 atom stereocenters. The van der Waals surface area contributed by atoms with E-state index in [1.165, 1.54) is 7.11 Å². The average Bonchev–Trinajstić information content (AvgIpc) is 3.00. The van der Waals surface area contributed by atoms with Gasteiger partial charge in [-0.1, -0.05) is 0 Å². The fourth-order valence-electron chi connectivity index (χ4n) is 2.27. The first-order chi connectivity index (χ1) is 11.2. The Bertz CT molecular complexity index is 811. The summed E-state index contributed by atoms with van der Waals surface area (Å²) in [5, 5.41) is 13.9. The second kappa shape index (κ2) is 6.31. The Kier molecular flexibility index (Phi) is 4.05. The zero-order chi connectivity index (χ0) is 16.2. The molecule has 0 aliphatic heterocycles. The van der Waals surface area contributed by atoms with Crippen LogP contribution in [0.1, 0.15) is 0 Å². The number of aromatic hydroxyl groups is 1. The van der Waals surface area contributed by atoms with Crippen LogP contribution in [-0.4, -0.2) is 33.0 Å². The van der Waals surface area contributed by atoms with Gasteiger partial charge in [0.1, 0.15) is 18.0 Å². The minimum absolute atomic E-state index is 0.0344. The van der Waals surface area contributed by atoms with Gasteiger partial charge in [-0.3, -0.25) is 14.5 Å². The van der Waals surface area contributed by atoms with Crippen LogP contribution >= 0.6 is 0 Å². The molecule has 2 heterocycles. The van der Waals surface area contributed by atoms with Crippen molar-refractivity contribution in [1.82, 2.24) is 14.8 Å². The number of ether oxygens (including phenoxy) is 1. The van der Waals surface area contributed by atoms with E-state index >= 15 is 0 Å². The third kappa shape index (κ3) is 3.21. The number of nitrogens with zero attached hydrogens (tertiary/aromatic N) is 3. The Morgan fingerprint density at radius 3 is 2.48 bits per heavy atom. The molecule has 116 valence electrons. The molecule has 3 rings (SSSR count). The number of hydrogen-bond acceptors (Lipinski definition) is 5. The Hall–Kier alpha value is -3.15. The molecule has 0 amide bonds. The summed E-state index contributed by atoms with van der Waals surface area (Å²) in [6, 6.07) is 10.5. The van der Waals surface area contributed by atoms with E-state index in [0.29, 0.717) is 0 Å². The molecule has 0 radical (unpaired) electrons. The average molecular weight is 309 g/mol. The normalized spacial score (nSPS) is 10.5. The number of aromatic nitrogens is 3. The number of esters is 1. The minimum atomic E-state index is -0.369. The van der Waals surface area contributed by atoms with Crippen molar-refractivity contribution in [2.75, 3.05) is 7.11 Å². The molecule has 3 aromatic rings. The lowest BCUT2D eigenvalue weighted by Crippen LogP contribution is -2.11. The predicted octanol–water partition coefficient (Wildman–Crippen LogP) is 2.49. The molecular weight excluding hydrogens is 294 g/mol. The highest BCUT2D eigenvalue weighted by atomic mass is 16.5. The Balaban J connectivity index is 2.08. The van der Waals surface area contributed by atoms with Crippen LogP contribution in [0.4, 0.5) is 0 Å². The van der Waals surface area contributed by atoms with Crippen LogP contribution in [-0.2, 0) is 16.1 Å². The first kappa shape index (κ1) is 14.8. The number of methoxy groups -OCH3 is 1. The highest BCUT2D eigenvalue weighted by Gasteiger charge is 2.14. The van der Waals surface area contributed by atoms with Gasteiger partial charge in [0.2, 0.25) is 0 Å². The van der Waals surface area contributed by atoms with Crippen molar-refractivity contribution >= 4 is 5.97 Å². The minimum Gasteiger partial charge on any atom is -0.508 e. The molecule has 0 spiro atoms. The first-order valence-corrected chi connectivity index (χ1v) is 7.01. The molecule has 0 aliphatic carbocycles. The van der Waals surface area contributed by atoms with E-state index in [0.717, 1.165) is 22.4 Å². The SMILES string of the molecule is COC(=O)Cn1cc(-c2ccncc2)c(-c2ccc(O)cc2)n1. The highest BCUT2D eigenvalue weighted by molar-refractivity contribution is 5.80. The van der Waals surface area contributed by atoms with Crippen LogP contribution in [0.15, 0.2) is 55.0 Å². The molecule has 2 aromatic heterocycles. The molecule has 6 heteroatoms. The summed E-state index contributed by atoms with van der Waals surface area (Å²) in [5.41, 5.74) is 3.39. The standard InChI is InChI=1S/C17H15N3O3/c1-23-16(22)11-20-10-15(12-6-8-18-9-7-12)17(19-20)13-2-4-14(21)5-3-13/h2-10,21H,11H2,1H3. The first-order valence-electron chi connectivity index (χ1n) is 7.01. The maximum atomic E-state index is 11.5. The van der Waals surface area contributed by atoms with Crippen LogP contribution < -0.4 is 0 Å². The monoisotopic (exact) mass is 309 g/mol. The van der Waals surface area contributed by atoms with Gasteiger partial charge in [-0.2, -0.15) is 5.10 Å². The van der Waals surface area contributed by atoms with Crippen LogP contribution in [0.25, 0.3) is 22.4 Å². The second-order valence-corrected chi connectivity index (χ2v) is 4.95. The fourth-order valence-corrected chi connectivity index (χ4v) is 2.27. The highest BCUT2D eigenvalue weighted by Crippen LogP contribution is 2.31. The van der Waals surface area contributed by atoms with Gasteiger partial charge in [-0.05, 0) is 42.0 Å². The molecule has 1 N–H and O–H groups in total. The van der Waals surface area contributed by atoms with Crippen molar-refractivity contribution in [1.29, 1.82) is 0 Å². The van der Waals surface area contributed by atoms with Gasteiger partial charge < -0.3 is 9.84 Å². The summed E-state index contributed by atoms with van der Waals surface area (Å²) < 4.78 is 6.23. The molecular formula is C17H15N3O3. The summed E-state index contributed by atoms with van der Waals surface area (Å²) in [6.45, 7) is 0.0344. The molecule has 6 nitrogen and oxygen atoms in total. The van der Waals surface area contributed by atoms with Crippen LogP contribution in [0.2, 0.25) is 0 Å². The van der Waals surface area contributed by atoms with Crippen molar-refractivity contribution in [3.63, 3.8) is 0 Å². The van der Waals surface area contributed by atoms with E-state index in [1.807, 2.05) is 12.1 Å². The van der Waals surface area contributed by atoms with E-state index in [4.69, 9.17) is 0 Å². The number of carbonyl (C=O) groups is 1. The van der Waals surface area contributed by atoms with Gasteiger partial charge in [0, 0.05) is 29.7 Å². The Morgan fingerprint density at radius 1 is 1.13 bits per heavy atom. The van der Waals surface area contributed by atoms with Crippen molar-refractivity contribution in [3.05, 3.63) is 55.0 Å². The lowest BCUT2D eigenvalue weighted by atomic mass is 10.0. The van der Waals surface area contributed by atoms with E-state index in [2.05, 4.69) is 14.8 Å². The van der Waals surface area contributed by atoms with E-state index in [9.17, 15) is 9.90 Å². The third-order valence-corrected chi connectivity index (χ3v) is 3.41. The van der Waals surface area contributed by atoms with E-state index < -0.39 is 0 Å². The molecule has 23 heavy (non-hydrogen) atoms. The van der Waals surface area contributed by atoms with Gasteiger partial charge in [-0.25, -0.2) is 0 Å². The Labute approximate surface area is 133 Å². The smallest absolute Gasteiger partial charge is 0.327 e. The second-order valence-electron chi connectivity index (χ2n) is 4.95. The van der Waals surface area contributed by atoms with Crippen molar-refractivity contribution < 1.29 is 14.6 Å². The molecule has 0 fully saturated rings. The maximum absolute atomic E-state index is 11.5. The number of phenolic OH excluding ortho intramolecular Hbond substituents is 1. The van der Waals surface area contributed by atoms with Crippen LogP contribution in [0.3, 0.4) is 0 Å². The van der Waals surface area contributed by atoms with Crippen molar-refractivity contribution in [2.45, 2.75) is 6.54 Å². The zero-order valence-electron chi connectivity index (χ0n) is 12.5. The topological polar surface area (TPSA) is 77.2 Å². The third-order valence-electron chi connectivity index (χ3n) is 3.41. The summed E-state index contributed by atoms with van der Waals surface area (Å²) in [7, 11) is 1.34. The Morgan fingerprint density at radius 2 is 1.83 bits per heavy atom. The molecule has 0 unspecified atom stereocenters. The van der Waals surface area contributed by atoms with E-state index in [1.54, 1.807) is 47.5 Å². The number of pyridine rings is 1. The van der Waals surface area contributed by atoms with Crippen LogP contribution in [0, 0.1) is 0 Å². The lowest BCUT2D eigenvalue weighted by molar-refractivity contribution is -0.141. The zero-order valence-corrected chi connectivity index (χ0v) is 12.5. The summed E-state index contributed by atoms with van der Waals surface area (Å²) in [4.78, 5) is 15.5. The fraction of sp³-hybridized carbons (Fsp3) is 0.118. The molecule has 1 aromatic carbocycles. The summed E-state index contributed by atoms with van der Waals surface area (Å²) >= 11 is 0. The number of rotatable bonds is 4. The quantitative estimate of drug-likeness (QED) is 0.749. The summed E-state index contributed by atoms with van der Waals surface area (Å²) in [5.74, 6) is -0.181. The van der Waals surface area contributed by atoms with Gasteiger partial charge >= 0.3 is 5.97 Å². The molecule has 0 saturated heterocycles. The van der Waals surface area contributed by atoms with Gasteiger partial charge in [-0.15, -0.1) is 0 Å². The van der Waals surface area contributed by atoms with Crippen LogP contribution in [0.5, 0.6) is 5.75 Å². The molecule has 0 bridgehead atoms. The largest absolute Gasteiger partial charge is 0.508 e. The van der Waals surface area contributed by atoms with E-state index in [-0.39, 0.29) is 18.3 Å². The molecule has 0 saturated carbocycles. The van der Waals surface area contributed by atoms with Gasteiger partial charge in [0.15, 0.2) is 0 Å².